The zero-order valence-electron chi connectivity index (χ0n) is 13.1. The third kappa shape index (κ3) is 2.00. The van der Waals surface area contributed by atoms with Gasteiger partial charge in [-0.05, 0) is 26.1 Å². The number of hydrogen-bond donors (Lipinski definition) is 0. The second-order valence-electron chi connectivity index (χ2n) is 6.35. The number of rotatable bonds is 1. The molecule has 5 nitrogen and oxygen atoms in total. The molecule has 1 fully saturated rings. The van der Waals surface area contributed by atoms with Crippen molar-refractivity contribution in [3.63, 3.8) is 0 Å². The number of ether oxygens (including phenoxy) is 1. The van der Waals surface area contributed by atoms with Crippen LogP contribution in [0.1, 0.15) is 13.0 Å². The lowest BCUT2D eigenvalue weighted by Gasteiger charge is -2.36. The average molecular weight is 299 g/mol. The van der Waals surface area contributed by atoms with Gasteiger partial charge in [-0.25, -0.2) is 0 Å². The van der Waals surface area contributed by atoms with Crippen LogP contribution in [0.15, 0.2) is 29.2 Å². The van der Waals surface area contributed by atoms with Crippen molar-refractivity contribution in [2.75, 3.05) is 44.7 Å². The van der Waals surface area contributed by atoms with E-state index in [1.54, 1.807) is 6.07 Å². The van der Waals surface area contributed by atoms with Crippen LogP contribution < -0.4 is 15.1 Å². The highest BCUT2D eigenvalue weighted by Crippen LogP contribution is 2.39. The molecule has 5 heteroatoms. The zero-order valence-corrected chi connectivity index (χ0v) is 13.1. The van der Waals surface area contributed by atoms with E-state index in [2.05, 4.69) is 28.3 Å². The summed E-state index contributed by atoms with van der Waals surface area (Å²) in [5.74, 6) is 0.873. The molecule has 2 aliphatic rings. The molecule has 1 atom stereocenters. The van der Waals surface area contributed by atoms with Gasteiger partial charge in [-0.2, -0.15) is 0 Å². The van der Waals surface area contributed by atoms with Crippen molar-refractivity contribution in [2.24, 2.45) is 0 Å². The third-order valence-electron chi connectivity index (χ3n) is 4.81. The Bertz CT molecular complexity index is 775. The quantitative estimate of drug-likeness (QED) is 0.803. The SMILES string of the molecule is CC1COc2c(N3CCN(C)CC3)ccc3c(=O)ccn1c23. The number of aromatic nitrogens is 1. The van der Waals surface area contributed by atoms with E-state index in [1.165, 1.54) is 0 Å². The topological polar surface area (TPSA) is 37.7 Å². The van der Waals surface area contributed by atoms with Crippen LogP contribution in [0.25, 0.3) is 10.9 Å². The highest BCUT2D eigenvalue weighted by molar-refractivity contribution is 5.91. The lowest BCUT2D eigenvalue weighted by Crippen LogP contribution is -2.44. The number of anilines is 1. The first-order chi connectivity index (χ1) is 10.6. The van der Waals surface area contributed by atoms with Crippen LogP contribution in [-0.4, -0.2) is 49.3 Å². The van der Waals surface area contributed by atoms with Gasteiger partial charge in [0.05, 0.1) is 17.2 Å². The van der Waals surface area contributed by atoms with Gasteiger partial charge in [0, 0.05) is 43.8 Å². The van der Waals surface area contributed by atoms with Crippen LogP contribution in [0.5, 0.6) is 5.75 Å². The van der Waals surface area contributed by atoms with Crippen LogP contribution in [-0.2, 0) is 0 Å². The fraction of sp³-hybridized carbons (Fsp3) is 0.471. The predicted molar refractivity (Wildman–Crippen MR) is 88.1 cm³/mol. The Morgan fingerprint density at radius 3 is 2.68 bits per heavy atom. The lowest BCUT2D eigenvalue weighted by molar-refractivity contribution is 0.246. The van der Waals surface area contributed by atoms with Gasteiger partial charge in [-0.15, -0.1) is 0 Å². The van der Waals surface area contributed by atoms with E-state index >= 15 is 0 Å². The molecule has 1 unspecified atom stereocenters. The van der Waals surface area contributed by atoms with E-state index in [9.17, 15) is 4.79 Å². The minimum Gasteiger partial charge on any atom is -0.487 e. The molecular weight excluding hydrogens is 278 g/mol. The maximum absolute atomic E-state index is 12.2. The van der Waals surface area contributed by atoms with Gasteiger partial charge in [-0.3, -0.25) is 4.79 Å². The smallest absolute Gasteiger partial charge is 0.189 e. The lowest BCUT2D eigenvalue weighted by atomic mass is 10.1. The molecule has 1 aromatic heterocycles. The molecule has 0 N–H and O–H groups in total. The van der Waals surface area contributed by atoms with E-state index in [0.717, 1.165) is 48.5 Å². The second kappa shape index (κ2) is 5.02. The Morgan fingerprint density at radius 2 is 1.91 bits per heavy atom. The average Bonchev–Trinajstić information content (AvgIpc) is 2.53. The van der Waals surface area contributed by atoms with Gasteiger partial charge in [0.25, 0.3) is 0 Å². The molecule has 0 saturated carbocycles. The van der Waals surface area contributed by atoms with Gasteiger partial charge in [-0.1, -0.05) is 0 Å². The van der Waals surface area contributed by atoms with Crippen molar-refractivity contribution in [1.82, 2.24) is 9.47 Å². The molecule has 116 valence electrons. The number of likely N-dealkylation sites (N-methyl/N-ethyl adjacent to an activating group) is 1. The summed E-state index contributed by atoms with van der Waals surface area (Å²) >= 11 is 0. The third-order valence-corrected chi connectivity index (χ3v) is 4.81. The van der Waals surface area contributed by atoms with Crippen LogP contribution in [0, 0.1) is 0 Å². The second-order valence-corrected chi connectivity index (χ2v) is 6.35. The Labute approximate surface area is 129 Å². The van der Waals surface area contributed by atoms with Crippen molar-refractivity contribution in [3.05, 3.63) is 34.6 Å². The maximum atomic E-state index is 12.2. The van der Waals surface area contributed by atoms with Gasteiger partial charge in [0.15, 0.2) is 11.2 Å². The number of hydrogen-bond acceptors (Lipinski definition) is 4. The molecule has 4 rings (SSSR count). The number of piperazine rings is 1. The molecule has 1 aromatic carbocycles. The van der Waals surface area contributed by atoms with Crippen molar-refractivity contribution < 1.29 is 4.74 Å². The summed E-state index contributed by atoms with van der Waals surface area (Å²) in [4.78, 5) is 16.9. The molecule has 3 heterocycles. The van der Waals surface area contributed by atoms with Crippen LogP contribution in [0.3, 0.4) is 0 Å². The first-order valence-corrected chi connectivity index (χ1v) is 7.89. The van der Waals surface area contributed by atoms with Crippen LogP contribution in [0.4, 0.5) is 5.69 Å². The first kappa shape index (κ1) is 13.6. The Balaban J connectivity index is 1.90. The monoisotopic (exact) mass is 299 g/mol. The summed E-state index contributed by atoms with van der Waals surface area (Å²) in [6.45, 7) is 6.85. The first-order valence-electron chi connectivity index (χ1n) is 7.89. The molecule has 0 bridgehead atoms. The van der Waals surface area contributed by atoms with E-state index in [4.69, 9.17) is 4.74 Å². The van der Waals surface area contributed by atoms with Crippen molar-refractivity contribution in [3.8, 4) is 5.75 Å². The molecule has 22 heavy (non-hydrogen) atoms. The van der Waals surface area contributed by atoms with Crippen molar-refractivity contribution in [1.29, 1.82) is 0 Å². The molecule has 0 amide bonds. The standard InChI is InChI=1S/C17H21N3O2/c1-12-11-22-17-14(19-9-7-18(2)8-10-19)4-3-13-15(21)5-6-20(12)16(13)17/h3-6,12H,7-11H2,1-2H3. The van der Waals surface area contributed by atoms with E-state index in [1.807, 2.05) is 18.3 Å². The summed E-state index contributed by atoms with van der Waals surface area (Å²) < 4.78 is 8.23. The van der Waals surface area contributed by atoms with Gasteiger partial charge in [0.1, 0.15) is 6.61 Å². The Hall–Kier alpha value is -2.01. The minimum absolute atomic E-state index is 0.0649. The van der Waals surface area contributed by atoms with Crippen LogP contribution >= 0.6 is 0 Å². The summed E-state index contributed by atoms with van der Waals surface area (Å²) in [5, 5.41) is 0.752. The van der Waals surface area contributed by atoms with E-state index < -0.39 is 0 Å². The molecule has 0 spiro atoms. The highest BCUT2D eigenvalue weighted by Gasteiger charge is 2.25. The highest BCUT2D eigenvalue weighted by atomic mass is 16.5. The summed E-state index contributed by atoms with van der Waals surface area (Å²) in [7, 11) is 2.15. The fourth-order valence-electron chi connectivity index (χ4n) is 3.42. The zero-order chi connectivity index (χ0) is 15.3. The van der Waals surface area contributed by atoms with Crippen LogP contribution in [0.2, 0.25) is 0 Å². The molecule has 0 radical (unpaired) electrons. The number of pyridine rings is 1. The normalized spacial score (nSPS) is 21.9. The largest absolute Gasteiger partial charge is 0.487 e. The maximum Gasteiger partial charge on any atom is 0.189 e. The van der Waals surface area contributed by atoms with Gasteiger partial charge < -0.3 is 19.1 Å². The van der Waals surface area contributed by atoms with Crippen molar-refractivity contribution in [2.45, 2.75) is 13.0 Å². The van der Waals surface area contributed by atoms with E-state index in [-0.39, 0.29) is 11.5 Å². The predicted octanol–water partition coefficient (Wildman–Crippen LogP) is 1.71. The molecule has 2 aliphatic heterocycles. The number of nitrogens with zero attached hydrogens (tertiary/aromatic N) is 3. The molecule has 2 aromatic rings. The Kier molecular flexibility index (Phi) is 3.11. The summed E-state index contributed by atoms with van der Waals surface area (Å²) in [6, 6.07) is 5.90. The van der Waals surface area contributed by atoms with Gasteiger partial charge in [0.2, 0.25) is 0 Å². The van der Waals surface area contributed by atoms with Crippen molar-refractivity contribution >= 4 is 16.6 Å². The Morgan fingerprint density at radius 1 is 1.14 bits per heavy atom. The number of benzene rings is 1. The summed E-state index contributed by atoms with van der Waals surface area (Å²) in [5.41, 5.74) is 2.13. The summed E-state index contributed by atoms with van der Waals surface area (Å²) in [6.07, 6.45) is 1.90. The minimum atomic E-state index is 0.0649. The van der Waals surface area contributed by atoms with Gasteiger partial charge >= 0.3 is 0 Å². The van der Waals surface area contributed by atoms with E-state index in [0.29, 0.717) is 6.61 Å². The molecule has 0 aliphatic carbocycles. The molecular formula is C17H21N3O2. The molecule has 1 saturated heterocycles. The fourth-order valence-corrected chi connectivity index (χ4v) is 3.42.